The summed E-state index contributed by atoms with van der Waals surface area (Å²) in [6.45, 7) is 9.34. The molecule has 0 spiro atoms. The Morgan fingerprint density at radius 1 is 1.12 bits per heavy atom. The van der Waals surface area contributed by atoms with Crippen LogP contribution in [-0.4, -0.2) is 55.2 Å². The van der Waals surface area contributed by atoms with E-state index in [-0.39, 0.29) is 24.0 Å². The normalized spacial score (nSPS) is 18.3. The lowest BCUT2D eigenvalue weighted by Gasteiger charge is -2.23. The van der Waals surface area contributed by atoms with Gasteiger partial charge in [-0.2, -0.15) is 0 Å². The Hall–Kier alpha value is -0.860. The average molecular weight is 474 g/mol. The molecule has 1 aliphatic heterocycles. The van der Waals surface area contributed by atoms with Gasteiger partial charge >= 0.3 is 0 Å². The SMILES string of the molecule is CCNC(=NCC(C)(O)c1ccccc1)NCCN1CCCCCC1.I. The number of aliphatic hydroxyl groups is 1. The first-order chi connectivity index (χ1) is 12.1. The molecule has 1 saturated heterocycles. The van der Waals surface area contributed by atoms with Gasteiger partial charge in [-0.3, -0.25) is 0 Å². The molecule has 1 aliphatic rings. The Balaban J connectivity index is 0.00000338. The van der Waals surface area contributed by atoms with Crippen molar-refractivity contribution >= 4 is 29.9 Å². The van der Waals surface area contributed by atoms with Gasteiger partial charge in [-0.1, -0.05) is 43.2 Å². The highest BCUT2D eigenvalue weighted by atomic mass is 127. The van der Waals surface area contributed by atoms with Crippen LogP contribution in [0.2, 0.25) is 0 Å². The molecular weight excluding hydrogens is 439 g/mol. The molecule has 2 rings (SSSR count). The Labute approximate surface area is 175 Å². The maximum absolute atomic E-state index is 10.7. The summed E-state index contributed by atoms with van der Waals surface area (Å²) in [7, 11) is 0. The molecule has 0 aliphatic carbocycles. The minimum absolute atomic E-state index is 0. The molecule has 0 bridgehead atoms. The van der Waals surface area contributed by atoms with E-state index in [9.17, 15) is 5.11 Å². The van der Waals surface area contributed by atoms with Crippen LogP contribution in [0.25, 0.3) is 0 Å². The maximum Gasteiger partial charge on any atom is 0.191 e. The van der Waals surface area contributed by atoms with Gasteiger partial charge in [0, 0.05) is 19.6 Å². The fourth-order valence-corrected chi connectivity index (χ4v) is 3.16. The van der Waals surface area contributed by atoms with Crippen molar-refractivity contribution in [2.24, 2.45) is 4.99 Å². The summed E-state index contributed by atoms with van der Waals surface area (Å²) in [4.78, 5) is 7.12. The van der Waals surface area contributed by atoms with Gasteiger partial charge in [-0.05, 0) is 45.3 Å². The van der Waals surface area contributed by atoms with E-state index in [0.29, 0.717) is 6.54 Å². The minimum Gasteiger partial charge on any atom is -0.384 e. The number of nitrogens with one attached hydrogen (secondary N) is 2. The molecule has 0 amide bonds. The molecule has 0 saturated carbocycles. The van der Waals surface area contributed by atoms with E-state index in [0.717, 1.165) is 31.2 Å². The molecule has 148 valence electrons. The quantitative estimate of drug-likeness (QED) is 0.323. The van der Waals surface area contributed by atoms with Crippen molar-refractivity contribution in [2.75, 3.05) is 39.3 Å². The van der Waals surface area contributed by atoms with Gasteiger partial charge in [-0.15, -0.1) is 24.0 Å². The number of nitrogens with zero attached hydrogens (tertiary/aromatic N) is 2. The summed E-state index contributed by atoms with van der Waals surface area (Å²) in [5.41, 5.74) is -0.0758. The number of hydrogen-bond donors (Lipinski definition) is 3. The van der Waals surface area contributed by atoms with Gasteiger partial charge in [0.25, 0.3) is 0 Å². The van der Waals surface area contributed by atoms with Crippen LogP contribution >= 0.6 is 24.0 Å². The highest BCUT2D eigenvalue weighted by molar-refractivity contribution is 14.0. The first-order valence-electron chi connectivity index (χ1n) is 9.64. The van der Waals surface area contributed by atoms with Crippen molar-refractivity contribution in [3.8, 4) is 0 Å². The first kappa shape index (κ1) is 23.2. The van der Waals surface area contributed by atoms with Gasteiger partial charge in [0.05, 0.1) is 6.54 Å². The number of likely N-dealkylation sites (tertiary alicyclic amines) is 1. The second kappa shape index (κ2) is 12.5. The fraction of sp³-hybridized carbons (Fsp3) is 0.650. The third-order valence-corrected chi connectivity index (χ3v) is 4.70. The number of benzene rings is 1. The second-order valence-electron chi connectivity index (χ2n) is 7.02. The zero-order valence-electron chi connectivity index (χ0n) is 16.2. The minimum atomic E-state index is -0.964. The second-order valence-corrected chi connectivity index (χ2v) is 7.02. The summed E-state index contributed by atoms with van der Waals surface area (Å²) < 4.78 is 0. The van der Waals surface area contributed by atoms with Crippen molar-refractivity contribution in [3.05, 3.63) is 35.9 Å². The monoisotopic (exact) mass is 474 g/mol. The molecular formula is C20H35IN4O. The van der Waals surface area contributed by atoms with Crippen LogP contribution in [0, 0.1) is 0 Å². The highest BCUT2D eigenvalue weighted by Gasteiger charge is 2.22. The lowest BCUT2D eigenvalue weighted by Crippen LogP contribution is -2.42. The summed E-state index contributed by atoms with van der Waals surface area (Å²) in [6.07, 6.45) is 5.35. The van der Waals surface area contributed by atoms with Crippen molar-refractivity contribution in [3.63, 3.8) is 0 Å². The summed E-state index contributed by atoms with van der Waals surface area (Å²) in [5.74, 6) is 0.772. The molecule has 1 aromatic carbocycles. The molecule has 1 unspecified atom stereocenters. The van der Waals surface area contributed by atoms with Gasteiger partial charge in [0.1, 0.15) is 5.60 Å². The zero-order valence-corrected chi connectivity index (χ0v) is 18.5. The molecule has 5 nitrogen and oxygen atoms in total. The molecule has 6 heteroatoms. The van der Waals surface area contributed by atoms with Crippen molar-refractivity contribution in [1.82, 2.24) is 15.5 Å². The molecule has 0 aromatic heterocycles. The molecule has 1 heterocycles. The van der Waals surface area contributed by atoms with E-state index in [1.807, 2.05) is 37.3 Å². The van der Waals surface area contributed by atoms with Gasteiger partial charge < -0.3 is 20.6 Å². The number of hydrogen-bond acceptors (Lipinski definition) is 3. The third kappa shape index (κ3) is 8.22. The number of aliphatic imine (C=N–C) groups is 1. The molecule has 1 fully saturated rings. The number of halogens is 1. The van der Waals surface area contributed by atoms with Crippen LogP contribution in [-0.2, 0) is 5.60 Å². The smallest absolute Gasteiger partial charge is 0.191 e. The van der Waals surface area contributed by atoms with Crippen LogP contribution in [0.3, 0.4) is 0 Å². The summed E-state index contributed by atoms with van der Waals surface area (Å²) >= 11 is 0. The van der Waals surface area contributed by atoms with E-state index < -0.39 is 5.60 Å². The Morgan fingerprint density at radius 2 is 1.77 bits per heavy atom. The van der Waals surface area contributed by atoms with Gasteiger partial charge in [-0.25, -0.2) is 4.99 Å². The predicted molar refractivity (Wildman–Crippen MR) is 120 cm³/mol. The van der Waals surface area contributed by atoms with Crippen LogP contribution in [0.4, 0.5) is 0 Å². The Kier molecular flexibility index (Phi) is 11.2. The fourth-order valence-electron chi connectivity index (χ4n) is 3.16. The average Bonchev–Trinajstić information content (AvgIpc) is 2.89. The summed E-state index contributed by atoms with van der Waals surface area (Å²) in [5, 5.41) is 17.4. The first-order valence-corrected chi connectivity index (χ1v) is 9.64. The topological polar surface area (TPSA) is 59.9 Å². The van der Waals surface area contributed by atoms with Gasteiger partial charge in [0.15, 0.2) is 5.96 Å². The maximum atomic E-state index is 10.7. The van der Waals surface area contributed by atoms with E-state index in [2.05, 4.69) is 27.4 Å². The lowest BCUT2D eigenvalue weighted by atomic mass is 9.96. The number of rotatable bonds is 7. The largest absolute Gasteiger partial charge is 0.384 e. The molecule has 3 N–H and O–H groups in total. The van der Waals surface area contributed by atoms with Crippen LogP contribution in [0.15, 0.2) is 35.3 Å². The van der Waals surface area contributed by atoms with Crippen LogP contribution < -0.4 is 10.6 Å². The van der Waals surface area contributed by atoms with E-state index in [4.69, 9.17) is 0 Å². The molecule has 26 heavy (non-hydrogen) atoms. The molecule has 0 radical (unpaired) electrons. The standard InChI is InChI=1S/C20H34N4O.HI/c1-3-21-19(22-13-16-24-14-9-4-5-10-15-24)23-17-20(2,25)18-11-7-6-8-12-18;/h6-8,11-12,25H,3-5,9-10,13-17H2,1-2H3,(H2,21,22,23);1H. The van der Waals surface area contributed by atoms with E-state index in [1.165, 1.54) is 38.8 Å². The van der Waals surface area contributed by atoms with Crippen molar-refractivity contribution < 1.29 is 5.11 Å². The summed E-state index contributed by atoms with van der Waals surface area (Å²) in [6, 6.07) is 9.72. The Bertz CT molecular complexity index is 514. The van der Waals surface area contributed by atoms with Crippen LogP contribution in [0.5, 0.6) is 0 Å². The number of guanidine groups is 1. The highest BCUT2D eigenvalue weighted by Crippen LogP contribution is 2.20. The molecule has 1 aromatic rings. The Morgan fingerprint density at radius 3 is 2.38 bits per heavy atom. The van der Waals surface area contributed by atoms with E-state index >= 15 is 0 Å². The van der Waals surface area contributed by atoms with Gasteiger partial charge in [0.2, 0.25) is 0 Å². The van der Waals surface area contributed by atoms with Crippen molar-refractivity contribution in [1.29, 1.82) is 0 Å². The lowest BCUT2D eigenvalue weighted by molar-refractivity contribution is 0.0672. The predicted octanol–water partition coefficient (Wildman–Crippen LogP) is 2.94. The molecule has 1 atom stereocenters. The zero-order chi connectivity index (χ0) is 18.0. The van der Waals surface area contributed by atoms with Crippen LogP contribution in [0.1, 0.15) is 45.1 Å². The van der Waals surface area contributed by atoms with E-state index in [1.54, 1.807) is 0 Å². The van der Waals surface area contributed by atoms with Crippen molar-refractivity contribution in [2.45, 2.75) is 45.1 Å². The third-order valence-electron chi connectivity index (χ3n) is 4.70.